The number of rotatable bonds is 6. The van der Waals surface area contributed by atoms with Crippen molar-refractivity contribution >= 4 is 17.3 Å². The number of carbonyl (C=O) groups excluding carboxylic acids is 1. The molecule has 116 valence electrons. The normalized spacial score (nSPS) is 10.1. The maximum absolute atomic E-state index is 12.4. The summed E-state index contributed by atoms with van der Waals surface area (Å²) in [5.41, 5.74) is 2.94. The van der Waals surface area contributed by atoms with E-state index in [1.807, 2.05) is 31.2 Å². The highest BCUT2D eigenvalue weighted by Gasteiger charge is 2.11. The predicted molar refractivity (Wildman–Crippen MR) is 88.7 cm³/mol. The number of hydrogen-bond donors (Lipinski definition) is 2. The molecule has 0 aliphatic heterocycles. The lowest BCUT2D eigenvalue weighted by molar-refractivity contribution is 0.102. The van der Waals surface area contributed by atoms with Crippen LogP contribution in [0.1, 0.15) is 29.4 Å². The van der Waals surface area contributed by atoms with E-state index in [-0.39, 0.29) is 5.91 Å². The maximum atomic E-state index is 12.4. The van der Waals surface area contributed by atoms with Gasteiger partial charge in [0, 0.05) is 18.4 Å². The first kappa shape index (κ1) is 15.8. The van der Waals surface area contributed by atoms with Gasteiger partial charge in [0.2, 0.25) is 0 Å². The molecule has 0 fully saturated rings. The molecule has 1 amide bonds. The van der Waals surface area contributed by atoms with Crippen LogP contribution < -0.4 is 15.4 Å². The molecule has 2 N–H and O–H groups in total. The molecule has 0 radical (unpaired) electrons. The van der Waals surface area contributed by atoms with Gasteiger partial charge >= 0.3 is 0 Å². The van der Waals surface area contributed by atoms with Crippen molar-refractivity contribution in [1.29, 1.82) is 0 Å². The Morgan fingerprint density at radius 3 is 2.82 bits per heavy atom. The van der Waals surface area contributed by atoms with Crippen molar-refractivity contribution in [2.24, 2.45) is 0 Å². The minimum atomic E-state index is -0.260. The van der Waals surface area contributed by atoms with E-state index >= 15 is 0 Å². The van der Waals surface area contributed by atoms with Crippen LogP contribution in [0, 0.1) is 6.92 Å². The molecule has 2 rings (SSSR count). The summed E-state index contributed by atoms with van der Waals surface area (Å²) in [5, 5.41) is 6.09. The quantitative estimate of drug-likeness (QED) is 0.857. The Labute approximate surface area is 130 Å². The second-order valence-electron chi connectivity index (χ2n) is 5.01. The van der Waals surface area contributed by atoms with Gasteiger partial charge < -0.3 is 15.4 Å². The average Bonchev–Trinajstić information content (AvgIpc) is 2.53. The van der Waals surface area contributed by atoms with Gasteiger partial charge in [0.1, 0.15) is 11.4 Å². The summed E-state index contributed by atoms with van der Waals surface area (Å²) >= 11 is 0. The van der Waals surface area contributed by atoms with Gasteiger partial charge in [-0.3, -0.25) is 9.78 Å². The Balaban J connectivity index is 2.17. The molecule has 1 heterocycles. The highest BCUT2D eigenvalue weighted by molar-refractivity contribution is 6.04. The number of benzene rings is 1. The third-order valence-electron chi connectivity index (χ3n) is 3.17. The van der Waals surface area contributed by atoms with Gasteiger partial charge in [0.25, 0.3) is 5.91 Å². The highest BCUT2D eigenvalue weighted by Crippen LogP contribution is 2.25. The summed E-state index contributed by atoms with van der Waals surface area (Å²) in [6, 6.07) is 9.22. The standard InChI is InChI=1S/C17H21N3O2/c1-4-8-18-13-7-9-19-15(11-13)17(21)20-14-10-12(2)5-6-16(14)22-3/h5-7,9-11H,4,8H2,1-3H3,(H,18,19)(H,20,21). The second kappa shape index (κ2) is 7.45. The van der Waals surface area contributed by atoms with E-state index in [2.05, 4.69) is 22.5 Å². The summed E-state index contributed by atoms with van der Waals surface area (Å²) in [6.07, 6.45) is 2.64. The first-order valence-electron chi connectivity index (χ1n) is 7.30. The third-order valence-corrected chi connectivity index (χ3v) is 3.17. The number of anilines is 2. The molecule has 0 saturated carbocycles. The van der Waals surface area contributed by atoms with E-state index in [4.69, 9.17) is 4.74 Å². The minimum absolute atomic E-state index is 0.260. The van der Waals surface area contributed by atoms with Gasteiger partial charge in [0.15, 0.2) is 0 Å². The summed E-state index contributed by atoms with van der Waals surface area (Å²) < 4.78 is 5.27. The Morgan fingerprint density at radius 1 is 1.27 bits per heavy atom. The molecule has 0 aliphatic rings. The van der Waals surface area contributed by atoms with Gasteiger partial charge in [-0.05, 0) is 43.2 Å². The number of aryl methyl sites for hydroxylation is 1. The largest absolute Gasteiger partial charge is 0.495 e. The fraction of sp³-hybridized carbons (Fsp3) is 0.294. The van der Waals surface area contributed by atoms with Gasteiger partial charge in [-0.1, -0.05) is 13.0 Å². The minimum Gasteiger partial charge on any atom is -0.495 e. The van der Waals surface area contributed by atoms with Crippen LogP contribution in [0.3, 0.4) is 0 Å². The molecule has 1 aromatic heterocycles. The molecule has 22 heavy (non-hydrogen) atoms. The van der Waals surface area contributed by atoms with Crippen molar-refractivity contribution in [3.05, 3.63) is 47.8 Å². The zero-order chi connectivity index (χ0) is 15.9. The molecule has 0 atom stereocenters. The van der Waals surface area contributed by atoms with E-state index in [9.17, 15) is 4.79 Å². The van der Waals surface area contributed by atoms with Crippen molar-refractivity contribution < 1.29 is 9.53 Å². The Kier molecular flexibility index (Phi) is 5.36. The highest BCUT2D eigenvalue weighted by atomic mass is 16.5. The molecule has 0 saturated heterocycles. The summed E-state index contributed by atoms with van der Waals surface area (Å²) in [7, 11) is 1.58. The van der Waals surface area contributed by atoms with Crippen LogP contribution in [0.15, 0.2) is 36.5 Å². The third kappa shape index (κ3) is 3.97. The maximum Gasteiger partial charge on any atom is 0.274 e. The predicted octanol–water partition coefficient (Wildman–Crippen LogP) is 3.47. The van der Waals surface area contributed by atoms with E-state index in [0.29, 0.717) is 17.1 Å². The fourth-order valence-corrected chi connectivity index (χ4v) is 2.04. The molecular weight excluding hydrogens is 278 g/mol. The molecule has 5 heteroatoms. The van der Waals surface area contributed by atoms with E-state index in [1.165, 1.54) is 0 Å². The number of hydrogen-bond acceptors (Lipinski definition) is 4. The van der Waals surface area contributed by atoms with Crippen molar-refractivity contribution in [2.75, 3.05) is 24.3 Å². The fourth-order valence-electron chi connectivity index (χ4n) is 2.04. The number of ether oxygens (including phenoxy) is 1. The van der Waals surface area contributed by atoms with Crippen LogP contribution in [0.5, 0.6) is 5.75 Å². The van der Waals surface area contributed by atoms with E-state index in [1.54, 1.807) is 19.4 Å². The zero-order valence-electron chi connectivity index (χ0n) is 13.1. The van der Waals surface area contributed by atoms with Crippen LogP contribution in [-0.4, -0.2) is 24.5 Å². The summed E-state index contributed by atoms with van der Waals surface area (Å²) in [5.74, 6) is 0.364. The Bertz CT molecular complexity index is 656. The van der Waals surface area contributed by atoms with Crippen molar-refractivity contribution in [3.63, 3.8) is 0 Å². The van der Waals surface area contributed by atoms with Crippen molar-refractivity contribution in [1.82, 2.24) is 4.98 Å². The van der Waals surface area contributed by atoms with Crippen LogP contribution in [0.2, 0.25) is 0 Å². The van der Waals surface area contributed by atoms with E-state index < -0.39 is 0 Å². The summed E-state index contributed by atoms with van der Waals surface area (Å²) in [4.78, 5) is 16.5. The lowest BCUT2D eigenvalue weighted by Crippen LogP contribution is -2.15. The summed E-state index contributed by atoms with van der Waals surface area (Å²) in [6.45, 7) is 4.91. The number of nitrogens with zero attached hydrogens (tertiary/aromatic N) is 1. The number of nitrogens with one attached hydrogen (secondary N) is 2. The first-order valence-corrected chi connectivity index (χ1v) is 7.30. The number of pyridine rings is 1. The molecule has 5 nitrogen and oxygen atoms in total. The number of amides is 1. The van der Waals surface area contributed by atoms with Crippen LogP contribution in [0.4, 0.5) is 11.4 Å². The monoisotopic (exact) mass is 299 g/mol. The topological polar surface area (TPSA) is 63.2 Å². The smallest absolute Gasteiger partial charge is 0.274 e. The molecule has 1 aromatic carbocycles. The molecule has 0 bridgehead atoms. The molecule has 0 unspecified atom stereocenters. The molecule has 0 aliphatic carbocycles. The van der Waals surface area contributed by atoms with Crippen molar-refractivity contribution in [2.45, 2.75) is 20.3 Å². The Morgan fingerprint density at radius 2 is 2.09 bits per heavy atom. The molecular formula is C17H21N3O2. The van der Waals surface area contributed by atoms with Gasteiger partial charge in [-0.2, -0.15) is 0 Å². The van der Waals surface area contributed by atoms with Crippen LogP contribution in [-0.2, 0) is 0 Å². The molecule has 2 aromatic rings. The van der Waals surface area contributed by atoms with Crippen LogP contribution >= 0.6 is 0 Å². The van der Waals surface area contributed by atoms with Crippen LogP contribution in [0.25, 0.3) is 0 Å². The zero-order valence-corrected chi connectivity index (χ0v) is 13.1. The number of carbonyl (C=O) groups is 1. The van der Waals surface area contributed by atoms with Gasteiger partial charge in [-0.25, -0.2) is 0 Å². The average molecular weight is 299 g/mol. The first-order chi connectivity index (χ1) is 10.6. The number of aromatic nitrogens is 1. The molecule has 0 spiro atoms. The van der Waals surface area contributed by atoms with Gasteiger partial charge in [0.05, 0.1) is 12.8 Å². The second-order valence-corrected chi connectivity index (χ2v) is 5.01. The lowest BCUT2D eigenvalue weighted by atomic mass is 10.2. The SMILES string of the molecule is CCCNc1ccnc(C(=O)Nc2cc(C)ccc2OC)c1. The van der Waals surface area contributed by atoms with Crippen molar-refractivity contribution in [3.8, 4) is 5.75 Å². The lowest BCUT2D eigenvalue weighted by Gasteiger charge is -2.11. The number of methoxy groups -OCH3 is 1. The van der Waals surface area contributed by atoms with E-state index in [0.717, 1.165) is 24.2 Å². The Hall–Kier alpha value is -2.56. The van der Waals surface area contributed by atoms with Gasteiger partial charge in [-0.15, -0.1) is 0 Å².